The van der Waals surface area contributed by atoms with Crippen LogP contribution in [0.15, 0.2) is 46.0 Å². The summed E-state index contributed by atoms with van der Waals surface area (Å²) in [5.41, 5.74) is 1.07. The standard InChI is InChI=1S/C11H13N3O3S/c1-12-10-4-2-3-5-11(10)18(15,16)13-8-9-6-7-17-14-9/h2-7,12-13H,8H2,1H3. The van der Waals surface area contributed by atoms with E-state index in [1.54, 1.807) is 31.3 Å². The molecule has 0 aliphatic rings. The topological polar surface area (TPSA) is 84.2 Å². The molecule has 0 atom stereocenters. The normalized spacial score (nSPS) is 11.4. The molecule has 0 amide bonds. The molecule has 0 spiro atoms. The Morgan fingerprint density at radius 1 is 1.28 bits per heavy atom. The van der Waals surface area contributed by atoms with Gasteiger partial charge < -0.3 is 9.84 Å². The van der Waals surface area contributed by atoms with Gasteiger partial charge in [-0.2, -0.15) is 0 Å². The molecule has 0 saturated carbocycles. The second-order valence-corrected chi connectivity index (χ2v) is 5.30. The Morgan fingerprint density at radius 2 is 2.06 bits per heavy atom. The van der Waals surface area contributed by atoms with E-state index in [0.29, 0.717) is 11.4 Å². The van der Waals surface area contributed by atoms with Gasteiger partial charge in [-0.25, -0.2) is 13.1 Å². The summed E-state index contributed by atoms with van der Waals surface area (Å²) in [7, 11) is -1.90. The van der Waals surface area contributed by atoms with Gasteiger partial charge in [0.05, 0.1) is 17.9 Å². The van der Waals surface area contributed by atoms with Crippen LogP contribution in [0.3, 0.4) is 0 Å². The average molecular weight is 267 g/mol. The molecule has 1 heterocycles. The second-order valence-electron chi connectivity index (χ2n) is 3.56. The minimum atomic E-state index is -3.57. The minimum absolute atomic E-state index is 0.0941. The Bertz CT molecular complexity index is 608. The van der Waals surface area contributed by atoms with Gasteiger partial charge in [-0.05, 0) is 12.1 Å². The van der Waals surface area contributed by atoms with Crippen LogP contribution in [0, 0.1) is 0 Å². The van der Waals surface area contributed by atoms with Gasteiger partial charge in [-0.3, -0.25) is 0 Å². The number of nitrogens with one attached hydrogen (secondary N) is 2. The smallest absolute Gasteiger partial charge is 0.242 e. The van der Waals surface area contributed by atoms with Gasteiger partial charge in [0.2, 0.25) is 10.0 Å². The molecule has 2 aromatic rings. The van der Waals surface area contributed by atoms with Crippen molar-refractivity contribution in [1.82, 2.24) is 9.88 Å². The number of para-hydroxylation sites is 1. The van der Waals surface area contributed by atoms with Crippen molar-refractivity contribution in [2.45, 2.75) is 11.4 Å². The van der Waals surface area contributed by atoms with Crippen LogP contribution < -0.4 is 10.0 Å². The van der Waals surface area contributed by atoms with Crippen LogP contribution in [0.4, 0.5) is 5.69 Å². The SMILES string of the molecule is CNc1ccccc1S(=O)(=O)NCc1ccon1. The molecule has 0 bridgehead atoms. The highest BCUT2D eigenvalue weighted by Gasteiger charge is 2.17. The summed E-state index contributed by atoms with van der Waals surface area (Å²) in [6.45, 7) is 0.0941. The Balaban J connectivity index is 2.20. The molecule has 0 radical (unpaired) electrons. The minimum Gasteiger partial charge on any atom is -0.387 e. The lowest BCUT2D eigenvalue weighted by Crippen LogP contribution is -2.24. The molecule has 0 unspecified atom stereocenters. The molecule has 96 valence electrons. The molecule has 0 fully saturated rings. The Kier molecular flexibility index (Phi) is 3.63. The molecule has 0 aliphatic heterocycles. The Morgan fingerprint density at radius 3 is 2.72 bits per heavy atom. The van der Waals surface area contributed by atoms with Crippen LogP contribution in [0.25, 0.3) is 0 Å². The van der Waals surface area contributed by atoms with E-state index in [2.05, 4.69) is 19.7 Å². The number of rotatable bonds is 5. The Hall–Kier alpha value is -1.86. The zero-order valence-corrected chi connectivity index (χ0v) is 10.6. The maximum atomic E-state index is 12.1. The fourth-order valence-corrected chi connectivity index (χ4v) is 2.69. The first-order chi connectivity index (χ1) is 8.63. The summed E-state index contributed by atoms with van der Waals surface area (Å²) in [6, 6.07) is 8.28. The largest absolute Gasteiger partial charge is 0.387 e. The molecule has 7 heteroatoms. The maximum absolute atomic E-state index is 12.1. The molecule has 0 saturated heterocycles. The first-order valence-corrected chi connectivity index (χ1v) is 6.77. The quantitative estimate of drug-likeness (QED) is 0.850. The lowest BCUT2D eigenvalue weighted by atomic mass is 10.3. The second kappa shape index (κ2) is 5.19. The van der Waals surface area contributed by atoms with E-state index in [0.717, 1.165) is 0 Å². The molecular formula is C11H13N3O3S. The van der Waals surface area contributed by atoms with Crippen LogP contribution in [0.2, 0.25) is 0 Å². The van der Waals surface area contributed by atoms with E-state index in [1.165, 1.54) is 12.3 Å². The third-order valence-corrected chi connectivity index (χ3v) is 3.84. The van der Waals surface area contributed by atoms with Crippen molar-refractivity contribution in [2.75, 3.05) is 12.4 Å². The summed E-state index contributed by atoms with van der Waals surface area (Å²) in [5.74, 6) is 0. The molecule has 2 rings (SSSR count). The number of benzene rings is 1. The van der Waals surface area contributed by atoms with Gasteiger partial charge in [0.15, 0.2) is 0 Å². The first kappa shape index (κ1) is 12.6. The zero-order chi connectivity index (χ0) is 13.0. The summed E-state index contributed by atoms with van der Waals surface area (Å²) in [6.07, 6.45) is 1.39. The summed E-state index contributed by atoms with van der Waals surface area (Å²) < 4.78 is 31.3. The van der Waals surface area contributed by atoms with Crippen molar-refractivity contribution < 1.29 is 12.9 Å². The van der Waals surface area contributed by atoms with Crippen molar-refractivity contribution in [3.05, 3.63) is 42.3 Å². The lowest BCUT2D eigenvalue weighted by Gasteiger charge is -2.09. The van der Waals surface area contributed by atoms with Crippen molar-refractivity contribution in [1.29, 1.82) is 0 Å². The number of anilines is 1. The maximum Gasteiger partial charge on any atom is 0.242 e. The highest BCUT2D eigenvalue weighted by atomic mass is 32.2. The van der Waals surface area contributed by atoms with Crippen molar-refractivity contribution in [3.8, 4) is 0 Å². The predicted molar refractivity (Wildman–Crippen MR) is 66.5 cm³/mol. The average Bonchev–Trinajstić information content (AvgIpc) is 2.89. The van der Waals surface area contributed by atoms with Crippen LogP contribution in [-0.4, -0.2) is 20.6 Å². The number of nitrogens with zero attached hydrogens (tertiary/aromatic N) is 1. The summed E-state index contributed by atoms with van der Waals surface area (Å²) in [4.78, 5) is 0.205. The number of sulfonamides is 1. The molecular weight excluding hydrogens is 254 g/mol. The van der Waals surface area contributed by atoms with Crippen molar-refractivity contribution >= 4 is 15.7 Å². The van der Waals surface area contributed by atoms with Crippen LogP contribution >= 0.6 is 0 Å². The molecule has 2 N–H and O–H groups in total. The summed E-state index contributed by atoms with van der Waals surface area (Å²) >= 11 is 0. The van der Waals surface area contributed by atoms with E-state index in [9.17, 15) is 8.42 Å². The lowest BCUT2D eigenvalue weighted by molar-refractivity contribution is 0.411. The number of aromatic nitrogens is 1. The van der Waals surface area contributed by atoms with Gasteiger partial charge >= 0.3 is 0 Å². The predicted octanol–water partition coefficient (Wildman–Crippen LogP) is 1.19. The molecule has 1 aromatic heterocycles. The zero-order valence-electron chi connectivity index (χ0n) is 9.75. The fourth-order valence-electron chi connectivity index (χ4n) is 1.48. The molecule has 1 aromatic carbocycles. The number of hydrogen-bond acceptors (Lipinski definition) is 5. The van der Waals surface area contributed by atoms with E-state index in [4.69, 9.17) is 0 Å². The van der Waals surface area contributed by atoms with Crippen LogP contribution in [0.1, 0.15) is 5.69 Å². The highest BCUT2D eigenvalue weighted by Crippen LogP contribution is 2.19. The van der Waals surface area contributed by atoms with Crippen molar-refractivity contribution in [2.24, 2.45) is 0 Å². The molecule has 18 heavy (non-hydrogen) atoms. The summed E-state index contributed by atoms with van der Waals surface area (Å²) in [5, 5.41) is 6.48. The van der Waals surface area contributed by atoms with Gasteiger partial charge in [0, 0.05) is 13.1 Å². The third-order valence-electron chi connectivity index (χ3n) is 2.38. The van der Waals surface area contributed by atoms with E-state index < -0.39 is 10.0 Å². The van der Waals surface area contributed by atoms with Gasteiger partial charge in [0.25, 0.3) is 0 Å². The Labute approximate surface area is 105 Å². The van der Waals surface area contributed by atoms with E-state index in [1.807, 2.05) is 0 Å². The molecule has 6 nitrogen and oxygen atoms in total. The third kappa shape index (κ3) is 2.69. The highest BCUT2D eigenvalue weighted by molar-refractivity contribution is 7.89. The van der Waals surface area contributed by atoms with E-state index in [-0.39, 0.29) is 11.4 Å². The van der Waals surface area contributed by atoms with Crippen molar-refractivity contribution in [3.63, 3.8) is 0 Å². The first-order valence-electron chi connectivity index (χ1n) is 5.29. The molecule has 0 aliphatic carbocycles. The van der Waals surface area contributed by atoms with Crippen LogP contribution in [-0.2, 0) is 16.6 Å². The van der Waals surface area contributed by atoms with Gasteiger partial charge in [-0.15, -0.1) is 0 Å². The van der Waals surface area contributed by atoms with Gasteiger partial charge in [0.1, 0.15) is 11.2 Å². The number of hydrogen-bond donors (Lipinski definition) is 2. The van der Waals surface area contributed by atoms with Crippen LogP contribution in [0.5, 0.6) is 0 Å². The monoisotopic (exact) mass is 267 g/mol. The fraction of sp³-hybridized carbons (Fsp3) is 0.182. The van der Waals surface area contributed by atoms with E-state index >= 15 is 0 Å². The van der Waals surface area contributed by atoms with Gasteiger partial charge in [-0.1, -0.05) is 17.3 Å².